The number of nitrogens with one attached hydrogen (secondary N) is 2. The number of carboxylic acids is 1. The van der Waals surface area contributed by atoms with Crippen LogP contribution in [0.25, 0.3) is 0 Å². The summed E-state index contributed by atoms with van der Waals surface area (Å²) in [6, 6.07) is 3.96. The van der Waals surface area contributed by atoms with Gasteiger partial charge < -0.3 is 10.1 Å². The molecular weight excluding hydrogens is 384 g/mol. The van der Waals surface area contributed by atoms with Gasteiger partial charge in [-0.25, -0.2) is 13.2 Å². The molecular formula is C11H9BrN2O5S2. The molecule has 0 radical (unpaired) electrons. The fraction of sp³-hybridized carbons (Fsp3) is 0.0909. The Kier molecular flexibility index (Phi) is 4.21. The second-order valence-electron chi connectivity index (χ2n) is 4.07. The van der Waals surface area contributed by atoms with Crippen LogP contribution < -0.4 is 9.60 Å². The summed E-state index contributed by atoms with van der Waals surface area (Å²) < 4.78 is 26.9. The molecule has 112 valence electrons. The molecule has 2 aromatic rings. The highest BCUT2D eigenvalue weighted by atomic mass is 79.9. The van der Waals surface area contributed by atoms with Crippen molar-refractivity contribution in [1.29, 1.82) is 0 Å². The minimum Gasteiger partial charge on any atom is -0.478 e. The third-order valence-electron chi connectivity index (χ3n) is 2.42. The predicted molar refractivity (Wildman–Crippen MR) is 81.6 cm³/mol. The first kappa shape index (κ1) is 15.7. The lowest BCUT2D eigenvalue weighted by atomic mass is 10.2. The van der Waals surface area contributed by atoms with E-state index in [9.17, 15) is 18.0 Å². The maximum Gasteiger partial charge on any atom is 0.335 e. The summed E-state index contributed by atoms with van der Waals surface area (Å²) >= 11 is 3.68. The van der Waals surface area contributed by atoms with E-state index in [1.807, 2.05) is 0 Å². The molecule has 0 aliphatic rings. The van der Waals surface area contributed by atoms with Crippen LogP contribution in [-0.4, -0.2) is 24.5 Å². The van der Waals surface area contributed by atoms with Gasteiger partial charge in [-0.2, -0.15) is 0 Å². The molecule has 0 amide bonds. The van der Waals surface area contributed by atoms with Crippen molar-refractivity contribution >= 4 is 48.9 Å². The van der Waals surface area contributed by atoms with Gasteiger partial charge in [0.15, 0.2) is 4.21 Å². The van der Waals surface area contributed by atoms with Crippen molar-refractivity contribution in [2.45, 2.75) is 11.1 Å². The minimum atomic E-state index is -3.96. The highest BCUT2D eigenvalue weighted by Gasteiger charge is 2.21. The van der Waals surface area contributed by atoms with Gasteiger partial charge in [-0.1, -0.05) is 27.3 Å². The van der Waals surface area contributed by atoms with Crippen LogP contribution in [0.4, 0.5) is 5.69 Å². The third-order valence-corrected chi connectivity index (χ3v) is 5.87. The van der Waals surface area contributed by atoms with Crippen molar-refractivity contribution in [3.63, 3.8) is 0 Å². The number of anilines is 1. The first-order chi connectivity index (χ1) is 9.69. The Labute approximate surface area is 131 Å². The van der Waals surface area contributed by atoms with Gasteiger partial charge in [-0.05, 0) is 25.1 Å². The molecule has 3 N–H and O–H groups in total. The number of carboxylic acid groups (broad SMARTS) is 1. The number of aromatic nitrogens is 1. The largest absolute Gasteiger partial charge is 0.478 e. The highest BCUT2D eigenvalue weighted by Crippen LogP contribution is 2.24. The van der Waals surface area contributed by atoms with E-state index < -0.39 is 20.9 Å². The summed E-state index contributed by atoms with van der Waals surface area (Å²) in [6.07, 6.45) is 0. The summed E-state index contributed by atoms with van der Waals surface area (Å²) in [6.45, 7) is 1.47. The number of H-pyrrole nitrogens is 1. The zero-order chi connectivity index (χ0) is 15.8. The predicted octanol–water partition coefficient (Wildman–Crippen LogP) is 2.01. The van der Waals surface area contributed by atoms with Gasteiger partial charge in [-0.15, -0.1) is 0 Å². The van der Waals surface area contributed by atoms with Crippen LogP contribution >= 0.6 is 27.3 Å². The number of halogens is 1. The molecule has 0 unspecified atom stereocenters. The fourth-order valence-corrected chi connectivity index (χ4v) is 4.46. The lowest BCUT2D eigenvalue weighted by molar-refractivity contribution is 0.0697. The lowest BCUT2D eigenvalue weighted by Crippen LogP contribution is -2.13. The maximum absolute atomic E-state index is 12.2. The Bertz CT molecular complexity index is 869. The first-order valence-electron chi connectivity index (χ1n) is 5.45. The van der Waals surface area contributed by atoms with Crippen LogP contribution in [0.15, 0.2) is 31.7 Å². The third kappa shape index (κ3) is 3.52. The number of aryl methyl sites for hydroxylation is 1. The van der Waals surface area contributed by atoms with Crippen molar-refractivity contribution in [1.82, 2.24) is 4.98 Å². The van der Waals surface area contributed by atoms with Gasteiger partial charge in [-0.3, -0.25) is 9.52 Å². The molecule has 0 saturated carbocycles. The number of hydrogen-bond donors (Lipinski definition) is 3. The molecule has 1 heterocycles. The smallest absolute Gasteiger partial charge is 0.335 e. The van der Waals surface area contributed by atoms with E-state index in [0.29, 0.717) is 15.8 Å². The second-order valence-corrected chi connectivity index (χ2v) is 7.84. The average molecular weight is 393 g/mol. The number of sulfonamides is 1. The Morgan fingerprint density at radius 1 is 1.38 bits per heavy atom. The molecule has 7 nitrogen and oxygen atoms in total. The van der Waals surface area contributed by atoms with Crippen molar-refractivity contribution < 1.29 is 18.3 Å². The lowest BCUT2D eigenvalue weighted by Gasteiger charge is -2.08. The highest BCUT2D eigenvalue weighted by molar-refractivity contribution is 9.10. The van der Waals surface area contributed by atoms with Crippen LogP contribution in [0.1, 0.15) is 16.1 Å². The summed E-state index contributed by atoms with van der Waals surface area (Å²) in [5.74, 6) is -1.18. The van der Waals surface area contributed by atoms with E-state index in [-0.39, 0.29) is 21.2 Å². The van der Waals surface area contributed by atoms with E-state index in [0.717, 1.165) is 0 Å². The number of thiazole rings is 1. The van der Waals surface area contributed by atoms with E-state index >= 15 is 0 Å². The summed E-state index contributed by atoms with van der Waals surface area (Å²) in [4.78, 5) is 24.1. The molecule has 10 heteroatoms. The Morgan fingerprint density at radius 2 is 2.05 bits per heavy atom. The molecule has 0 aliphatic heterocycles. The number of carbonyl (C=O) groups is 1. The number of rotatable bonds is 4. The summed E-state index contributed by atoms with van der Waals surface area (Å²) in [5.41, 5.74) is 0.244. The molecule has 0 aliphatic carbocycles. The normalized spacial score (nSPS) is 11.3. The monoisotopic (exact) mass is 392 g/mol. The second kappa shape index (κ2) is 5.62. The Morgan fingerprint density at radius 3 is 2.57 bits per heavy atom. The van der Waals surface area contributed by atoms with Gasteiger partial charge in [0.1, 0.15) is 0 Å². The first-order valence-corrected chi connectivity index (χ1v) is 8.55. The van der Waals surface area contributed by atoms with Crippen LogP contribution in [0.3, 0.4) is 0 Å². The van der Waals surface area contributed by atoms with Gasteiger partial charge in [0.25, 0.3) is 10.0 Å². The van der Waals surface area contributed by atoms with Gasteiger partial charge in [0, 0.05) is 10.2 Å². The Balaban J connectivity index is 2.44. The zero-order valence-corrected chi connectivity index (χ0v) is 13.7. The van der Waals surface area contributed by atoms with Crippen molar-refractivity contribution in [2.75, 3.05) is 4.72 Å². The molecule has 0 spiro atoms. The van der Waals surface area contributed by atoms with Gasteiger partial charge >= 0.3 is 10.8 Å². The van der Waals surface area contributed by atoms with Crippen LogP contribution in [0.2, 0.25) is 0 Å². The fourth-order valence-electron chi connectivity index (χ4n) is 1.62. The van der Waals surface area contributed by atoms with Gasteiger partial charge in [0.05, 0.1) is 11.3 Å². The SMILES string of the molecule is Cc1[nH]c(=O)sc1S(=O)(=O)Nc1cc(Br)cc(C(=O)O)c1. The number of aromatic carboxylic acids is 1. The van der Waals surface area contributed by atoms with E-state index in [2.05, 4.69) is 25.6 Å². The summed E-state index contributed by atoms with van der Waals surface area (Å²) in [5, 5.41) is 8.95. The minimum absolute atomic E-state index is 0.0685. The van der Waals surface area contributed by atoms with E-state index in [4.69, 9.17) is 5.11 Å². The number of hydrogen-bond acceptors (Lipinski definition) is 5. The van der Waals surface area contributed by atoms with E-state index in [1.54, 1.807) is 0 Å². The quantitative estimate of drug-likeness (QED) is 0.735. The molecule has 1 aromatic carbocycles. The molecule has 0 saturated heterocycles. The molecule has 21 heavy (non-hydrogen) atoms. The molecule has 0 atom stereocenters. The number of aromatic amines is 1. The van der Waals surface area contributed by atoms with Crippen molar-refractivity contribution in [3.8, 4) is 0 Å². The summed E-state index contributed by atoms with van der Waals surface area (Å²) in [7, 11) is -3.96. The zero-order valence-electron chi connectivity index (χ0n) is 10.5. The number of benzene rings is 1. The molecule has 0 fully saturated rings. The standard InChI is InChI=1S/C11H9BrN2O5S2/c1-5-10(20-11(17)13-5)21(18,19)14-8-3-6(9(15)16)2-7(12)4-8/h2-4,14H,1H3,(H,13,17)(H,15,16). The molecule has 0 bridgehead atoms. The van der Waals surface area contributed by atoms with E-state index in [1.165, 1.54) is 25.1 Å². The Hall–Kier alpha value is -1.65. The van der Waals surface area contributed by atoms with Gasteiger partial charge in [0.2, 0.25) is 0 Å². The topological polar surface area (TPSA) is 116 Å². The maximum atomic E-state index is 12.2. The molecule has 1 aromatic heterocycles. The van der Waals surface area contributed by atoms with Crippen LogP contribution in [-0.2, 0) is 10.0 Å². The molecule has 2 rings (SSSR count). The average Bonchev–Trinajstić information content (AvgIpc) is 2.67. The van der Waals surface area contributed by atoms with Crippen molar-refractivity contribution in [3.05, 3.63) is 43.6 Å². The van der Waals surface area contributed by atoms with Crippen LogP contribution in [0, 0.1) is 6.92 Å². The van der Waals surface area contributed by atoms with Crippen molar-refractivity contribution in [2.24, 2.45) is 0 Å². The van der Waals surface area contributed by atoms with Crippen LogP contribution in [0.5, 0.6) is 0 Å².